The highest BCUT2D eigenvalue weighted by Gasteiger charge is 2.32. The van der Waals surface area contributed by atoms with E-state index in [4.69, 9.17) is 9.47 Å². The first-order valence-electron chi connectivity index (χ1n) is 7.17. The van der Waals surface area contributed by atoms with Gasteiger partial charge in [0, 0.05) is 26.2 Å². The zero-order valence-electron chi connectivity index (χ0n) is 11.7. The molecule has 0 aliphatic carbocycles. The number of carbonyl (C=O) groups is 1. The average molecular weight is 276 g/mol. The summed E-state index contributed by atoms with van der Waals surface area (Å²) in [5, 5.41) is 0. The summed E-state index contributed by atoms with van der Waals surface area (Å²) in [7, 11) is 0. The highest BCUT2D eigenvalue weighted by Crippen LogP contribution is 2.31. The molecular weight excluding hydrogens is 256 g/mol. The minimum atomic E-state index is -0.516. The van der Waals surface area contributed by atoms with Crippen LogP contribution in [0, 0.1) is 0 Å². The van der Waals surface area contributed by atoms with E-state index < -0.39 is 6.10 Å². The molecule has 2 heterocycles. The molecule has 0 aromatic heterocycles. The van der Waals surface area contributed by atoms with Gasteiger partial charge in [-0.15, -0.1) is 0 Å². The molecule has 5 heteroatoms. The molecule has 1 amide bonds. The van der Waals surface area contributed by atoms with Gasteiger partial charge in [0.2, 0.25) is 6.10 Å². The quantitative estimate of drug-likeness (QED) is 0.808. The van der Waals surface area contributed by atoms with Crippen LogP contribution in [0.3, 0.4) is 0 Å². The maximum atomic E-state index is 12.5. The van der Waals surface area contributed by atoms with Crippen LogP contribution < -0.4 is 9.47 Å². The summed E-state index contributed by atoms with van der Waals surface area (Å²) in [4.78, 5) is 16.7. The normalized spacial score (nSPS) is 22.6. The first-order chi connectivity index (χ1) is 9.78. The van der Waals surface area contributed by atoms with Crippen LogP contribution in [-0.4, -0.2) is 61.1 Å². The molecule has 20 heavy (non-hydrogen) atoms. The predicted molar refractivity (Wildman–Crippen MR) is 75.0 cm³/mol. The summed E-state index contributed by atoms with van der Waals surface area (Å²) in [6, 6.07) is 7.48. The fourth-order valence-corrected chi connectivity index (χ4v) is 2.63. The van der Waals surface area contributed by atoms with Crippen molar-refractivity contribution in [2.45, 2.75) is 13.0 Å². The molecule has 1 aromatic carbocycles. The summed E-state index contributed by atoms with van der Waals surface area (Å²) in [5.41, 5.74) is 0. The Morgan fingerprint density at radius 2 is 1.90 bits per heavy atom. The van der Waals surface area contributed by atoms with E-state index in [1.54, 1.807) is 0 Å². The molecule has 1 saturated heterocycles. The molecule has 2 aliphatic rings. The number of amides is 1. The summed E-state index contributed by atoms with van der Waals surface area (Å²) < 4.78 is 11.4. The van der Waals surface area contributed by atoms with E-state index in [0.717, 1.165) is 32.7 Å². The Kier molecular flexibility index (Phi) is 3.78. The third-order valence-corrected chi connectivity index (χ3v) is 3.92. The molecule has 3 rings (SSSR count). The Labute approximate surface area is 119 Å². The van der Waals surface area contributed by atoms with Crippen molar-refractivity contribution in [3.63, 3.8) is 0 Å². The van der Waals surface area contributed by atoms with Gasteiger partial charge in [0.25, 0.3) is 5.91 Å². The molecule has 5 nitrogen and oxygen atoms in total. The lowest BCUT2D eigenvalue weighted by Gasteiger charge is -2.36. The number of carbonyl (C=O) groups excluding carboxylic acids is 1. The zero-order valence-corrected chi connectivity index (χ0v) is 11.7. The van der Waals surface area contributed by atoms with Crippen LogP contribution in [0.2, 0.25) is 0 Å². The van der Waals surface area contributed by atoms with E-state index in [9.17, 15) is 4.79 Å². The van der Waals surface area contributed by atoms with Gasteiger partial charge in [-0.05, 0) is 18.7 Å². The van der Waals surface area contributed by atoms with E-state index in [0.29, 0.717) is 18.1 Å². The number of hydrogen-bond donors (Lipinski definition) is 0. The second kappa shape index (κ2) is 5.71. The lowest BCUT2D eigenvalue weighted by atomic mass is 10.2. The highest BCUT2D eigenvalue weighted by atomic mass is 16.6. The molecule has 0 saturated carbocycles. The van der Waals surface area contributed by atoms with E-state index in [2.05, 4.69) is 11.8 Å². The van der Waals surface area contributed by atoms with Crippen LogP contribution >= 0.6 is 0 Å². The Bertz CT molecular complexity index is 484. The van der Waals surface area contributed by atoms with Gasteiger partial charge in [-0.25, -0.2) is 0 Å². The fraction of sp³-hybridized carbons (Fsp3) is 0.533. The molecular formula is C15H20N2O3. The highest BCUT2D eigenvalue weighted by molar-refractivity contribution is 5.82. The van der Waals surface area contributed by atoms with Crippen LogP contribution in [-0.2, 0) is 4.79 Å². The largest absolute Gasteiger partial charge is 0.485 e. The maximum absolute atomic E-state index is 12.5. The summed E-state index contributed by atoms with van der Waals surface area (Å²) in [6.45, 7) is 6.90. The van der Waals surface area contributed by atoms with Crippen molar-refractivity contribution < 1.29 is 14.3 Å². The van der Waals surface area contributed by atoms with E-state index >= 15 is 0 Å². The minimum absolute atomic E-state index is 0.0373. The van der Waals surface area contributed by atoms with E-state index in [-0.39, 0.29) is 5.91 Å². The standard InChI is InChI=1S/C15H20N2O3/c1-2-16-7-9-17(10-8-16)15(18)14-11-19-12-5-3-4-6-13(12)20-14/h3-6,14H,2,7-11H2,1H3. The Hall–Kier alpha value is -1.75. The number of benzene rings is 1. The smallest absolute Gasteiger partial charge is 0.267 e. The van der Waals surface area contributed by atoms with Crippen LogP contribution in [0.15, 0.2) is 24.3 Å². The number of rotatable bonds is 2. The second-order valence-electron chi connectivity index (χ2n) is 5.12. The molecule has 1 aromatic rings. The van der Waals surface area contributed by atoms with Crippen molar-refractivity contribution >= 4 is 5.91 Å². The summed E-state index contributed by atoms with van der Waals surface area (Å²) in [5.74, 6) is 1.41. The van der Waals surface area contributed by atoms with Gasteiger partial charge in [0.05, 0.1) is 0 Å². The molecule has 0 bridgehead atoms. The van der Waals surface area contributed by atoms with Crippen molar-refractivity contribution in [2.24, 2.45) is 0 Å². The van der Waals surface area contributed by atoms with Crippen molar-refractivity contribution in [3.05, 3.63) is 24.3 Å². The molecule has 0 N–H and O–H groups in total. The predicted octanol–water partition coefficient (Wildman–Crippen LogP) is 0.990. The van der Waals surface area contributed by atoms with Gasteiger partial charge in [0.15, 0.2) is 11.5 Å². The monoisotopic (exact) mass is 276 g/mol. The average Bonchev–Trinajstić information content (AvgIpc) is 2.54. The van der Waals surface area contributed by atoms with Crippen LogP contribution in [0.25, 0.3) is 0 Å². The summed E-state index contributed by atoms with van der Waals surface area (Å²) >= 11 is 0. The van der Waals surface area contributed by atoms with Gasteiger partial charge in [-0.1, -0.05) is 19.1 Å². The number of piperazine rings is 1. The van der Waals surface area contributed by atoms with Gasteiger partial charge in [-0.3, -0.25) is 4.79 Å². The molecule has 2 aliphatic heterocycles. The zero-order chi connectivity index (χ0) is 13.9. The van der Waals surface area contributed by atoms with Crippen molar-refractivity contribution in [2.75, 3.05) is 39.3 Å². The van der Waals surface area contributed by atoms with Crippen LogP contribution in [0.1, 0.15) is 6.92 Å². The van der Waals surface area contributed by atoms with Crippen molar-refractivity contribution in [3.8, 4) is 11.5 Å². The Morgan fingerprint density at radius 3 is 2.60 bits per heavy atom. The van der Waals surface area contributed by atoms with Gasteiger partial charge < -0.3 is 19.3 Å². The lowest BCUT2D eigenvalue weighted by Crippen LogP contribution is -2.53. The minimum Gasteiger partial charge on any atom is -0.485 e. The Morgan fingerprint density at radius 1 is 1.20 bits per heavy atom. The van der Waals surface area contributed by atoms with E-state index in [1.807, 2.05) is 29.2 Å². The van der Waals surface area contributed by atoms with Gasteiger partial charge in [-0.2, -0.15) is 0 Å². The third kappa shape index (κ3) is 2.58. The molecule has 108 valence electrons. The lowest BCUT2D eigenvalue weighted by molar-refractivity contribution is -0.142. The molecule has 0 radical (unpaired) electrons. The number of hydrogen-bond acceptors (Lipinski definition) is 4. The third-order valence-electron chi connectivity index (χ3n) is 3.92. The Balaban J connectivity index is 1.62. The number of ether oxygens (including phenoxy) is 2. The topological polar surface area (TPSA) is 42.0 Å². The van der Waals surface area contributed by atoms with Crippen LogP contribution in [0.5, 0.6) is 11.5 Å². The first-order valence-corrected chi connectivity index (χ1v) is 7.17. The molecule has 1 atom stereocenters. The second-order valence-corrected chi connectivity index (χ2v) is 5.12. The number of fused-ring (bicyclic) bond motifs is 1. The maximum Gasteiger partial charge on any atom is 0.267 e. The number of para-hydroxylation sites is 2. The number of likely N-dealkylation sites (N-methyl/N-ethyl adjacent to an activating group) is 1. The van der Waals surface area contributed by atoms with Gasteiger partial charge in [0.1, 0.15) is 6.61 Å². The molecule has 0 spiro atoms. The summed E-state index contributed by atoms with van der Waals surface area (Å²) in [6.07, 6.45) is -0.516. The van der Waals surface area contributed by atoms with Crippen LogP contribution in [0.4, 0.5) is 0 Å². The SMILES string of the molecule is CCN1CCN(C(=O)C2COc3ccccc3O2)CC1. The van der Waals surface area contributed by atoms with Crippen molar-refractivity contribution in [1.29, 1.82) is 0 Å². The van der Waals surface area contributed by atoms with Crippen molar-refractivity contribution in [1.82, 2.24) is 9.80 Å². The first kappa shape index (κ1) is 13.2. The molecule has 1 unspecified atom stereocenters. The van der Waals surface area contributed by atoms with Gasteiger partial charge >= 0.3 is 0 Å². The molecule has 1 fully saturated rings. The fourth-order valence-electron chi connectivity index (χ4n) is 2.63. The van der Waals surface area contributed by atoms with E-state index in [1.165, 1.54) is 0 Å². The number of nitrogens with zero attached hydrogens (tertiary/aromatic N) is 2.